The Morgan fingerprint density at radius 1 is 1.47 bits per heavy atom. The summed E-state index contributed by atoms with van der Waals surface area (Å²) in [5, 5.41) is 13.1. The summed E-state index contributed by atoms with van der Waals surface area (Å²) in [6.07, 6.45) is 6.49. The zero-order valence-corrected chi connectivity index (χ0v) is 8.66. The van der Waals surface area contributed by atoms with Crippen LogP contribution in [0.15, 0.2) is 36.9 Å². The number of anilines is 1. The minimum Gasteiger partial charge on any atom is -0.318 e. The third-order valence-electron chi connectivity index (χ3n) is 2.22. The van der Waals surface area contributed by atoms with Gasteiger partial charge in [-0.2, -0.15) is 10.2 Å². The molecule has 0 unspecified atom stereocenters. The van der Waals surface area contributed by atoms with E-state index in [4.69, 9.17) is 0 Å². The normalized spacial score (nSPS) is 10.6. The highest BCUT2D eigenvalue weighted by atomic mass is 16.1. The van der Waals surface area contributed by atoms with E-state index in [-0.39, 0.29) is 5.91 Å². The highest BCUT2D eigenvalue weighted by Crippen LogP contribution is 2.07. The van der Waals surface area contributed by atoms with E-state index in [1.807, 2.05) is 0 Å². The van der Waals surface area contributed by atoms with E-state index in [0.717, 1.165) is 0 Å². The van der Waals surface area contributed by atoms with Crippen molar-refractivity contribution in [3.63, 3.8) is 0 Å². The maximum Gasteiger partial charge on any atom is 0.276 e. The van der Waals surface area contributed by atoms with Crippen LogP contribution in [0.25, 0.3) is 5.65 Å². The van der Waals surface area contributed by atoms with Crippen molar-refractivity contribution in [1.29, 1.82) is 0 Å². The number of nitrogens with zero attached hydrogens (tertiary/aromatic N) is 4. The Hall–Kier alpha value is -2.70. The van der Waals surface area contributed by atoms with Crippen LogP contribution in [0, 0.1) is 0 Å². The number of carbonyl (C=O) groups is 1. The van der Waals surface area contributed by atoms with Gasteiger partial charge in [-0.1, -0.05) is 0 Å². The van der Waals surface area contributed by atoms with Gasteiger partial charge in [0.2, 0.25) is 0 Å². The molecule has 7 nitrogen and oxygen atoms in total. The van der Waals surface area contributed by atoms with Crippen molar-refractivity contribution in [3.8, 4) is 0 Å². The number of amides is 1. The first-order valence-corrected chi connectivity index (χ1v) is 4.93. The maximum absolute atomic E-state index is 11.8. The minimum absolute atomic E-state index is 0.295. The third kappa shape index (κ3) is 1.73. The van der Waals surface area contributed by atoms with Crippen molar-refractivity contribution in [3.05, 3.63) is 42.6 Å². The van der Waals surface area contributed by atoms with Crippen LogP contribution in [0.3, 0.4) is 0 Å². The molecule has 2 N–H and O–H groups in total. The van der Waals surface area contributed by atoms with E-state index < -0.39 is 0 Å². The van der Waals surface area contributed by atoms with Gasteiger partial charge >= 0.3 is 0 Å². The quantitative estimate of drug-likeness (QED) is 0.676. The van der Waals surface area contributed by atoms with Crippen LogP contribution in [0.4, 0.5) is 5.69 Å². The molecular weight excluding hydrogens is 220 g/mol. The fraction of sp³-hybridized carbons (Fsp3) is 0. The number of carbonyl (C=O) groups excluding carboxylic acids is 1. The van der Waals surface area contributed by atoms with Gasteiger partial charge in [-0.05, 0) is 6.07 Å². The molecule has 0 atom stereocenters. The van der Waals surface area contributed by atoms with Crippen LogP contribution in [-0.4, -0.2) is 30.7 Å². The van der Waals surface area contributed by atoms with Crippen molar-refractivity contribution in [2.75, 3.05) is 5.32 Å². The van der Waals surface area contributed by atoms with Gasteiger partial charge in [0.1, 0.15) is 0 Å². The Balaban J connectivity index is 1.90. The first kappa shape index (κ1) is 9.52. The number of rotatable bonds is 2. The highest BCUT2D eigenvalue weighted by Gasteiger charge is 2.11. The zero-order chi connectivity index (χ0) is 11.7. The second-order valence-corrected chi connectivity index (χ2v) is 3.39. The van der Waals surface area contributed by atoms with Crippen molar-refractivity contribution in [2.45, 2.75) is 0 Å². The Kier molecular flexibility index (Phi) is 2.08. The van der Waals surface area contributed by atoms with Crippen LogP contribution in [-0.2, 0) is 0 Å². The van der Waals surface area contributed by atoms with Crippen LogP contribution in [0.5, 0.6) is 0 Å². The number of hydrogen-bond donors (Lipinski definition) is 2. The molecule has 7 heteroatoms. The summed E-state index contributed by atoms with van der Waals surface area (Å²) < 4.78 is 1.55. The van der Waals surface area contributed by atoms with E-state index >= 15 is 0 Å². The summed E-state index contributed by atoms with van der Waals surface area (Å²) in [5.74, 6) is -0.295. The summed E-state index contributed by atoms with van der Waals surface area (Å²) in [7, 11) is 0. The lowest BCUT2D eigenvalue weighted by Crippen LogP contribution is -2.12. The van der Waals surface area contributed by atoms with Gasteiger partial charge in [-0.15, -0.1) is 0 Å². The van der Waals surface area contributed by atoms with Crippen LogP contribution >= 0.6 is 0 Å². The summed E-state index contributed by atoms with van der Waals surface area (Å²) in [6.45, 7) is 0. The monoisotopic (exact) mass is 228 g/mol. The van der Waals surface area contributed by atoms with Crippen molar-refractivity contribution >= 4 is 17.2 Å². The molecule has 0 radical (unpaired) electrons. The fourth-order valence-electron chi connectivity index (χ4n) is 1.46. The topological polar surface area (TPSA) is 88.0 Å². The second kappa shape index (κ2) is 3.71. The summed E-state index contributed by atoms with van der Waals surface area (Å²) in [6, 6.07) is 3.37. The number of hydrogen-bond acceptors (Lipinski definition) is 4. The molecule has 17 heavy (non-hydrogen) atoms. The van der Waals surface area contributed by atoms with E-state index in [2.05, 4.69) is 25.6 Å². The van der Waals surface area contributed by atoms with Gasteiger partial charge in [0.15, 0.2) is 11.3 Å². The average Bonchev–Trinajstić information content (AvgIpc) is 2.96. The molecule has 3 heterocycles. The van der Waals surface area contributed by atoms with E-state index in [1.54, 1.807) is 35.2 Å². The predicted octanol–water partition coefficient (Wildman–Crippen LogP) is 0.705. The smallest absolute Gasteiger partial charge is 0.276 e. The van der Waals surface area contributed by atoms with E-state index in [0.29, 0.717) is 17.0 Å². The molecule has 84 valence electrons. The number of fused-ring (bicyclic) bond motifs is 1. The first-order valence-electron chi connectivity index (χ1n) is 4.93. The molecule has 3 aromatic rings. The Labute approximate surface area is 95.5 Å². The third-order valence-corrected chi connectivity index (χ3v) is 2.22. The average molecular weight is 228 g/mol. The van der Waals surface area contributed by atoms with Crippen molar-refractivity contribution in [1.82, 2.24) is 24.8 Å². The number of aromatic nitrogens is 5. The maximum atomic E-state index is 11.8. The molecule has 0 saturated carbocycles. The van der Waals surface area contributed by atoms with Gasteiger partial charge in [-0.3, -0.25) is 9.89 Å². The van der Waals surface area contributed by atoms with Crippen molar-refractivity contribution in [2.24, 2.45) is 0 Å². The molecular formula is C10H8N6O. The Morgan fingerprint density at radius 2 is 2.41 bits per heavy atom. The molecule has 0 bridgehead atoms. The summed E-state index contributed by atoms with van der Waals surface area (Å²) in [5.41, 5.74) is 1.54. The van der Waals surface area contributed by atoms with E-state index in [1.165, 1.54) is 6.20 Å². The number of H-pyrrole nitrogens is 1. The van der Waals surface area contributed by atoms with Crippen molar-refractivity contribution < 1.29 is 4.79 Å². The molecule has 3 rings (SSSR count). The second-order valence-electron chi connectivity index (χ2n) is 3.39. The lowest BCUT2D eigenvalue weighted by atomic mass is 10.4. The van der Waals surface area contributed by atoms with Crippen LogP contribution in [0.1, 0.15) is 10.5 Å². The minimum atomic E-state index is -0.295. The lowest BCUT2D eigenvalue weighted by Gasteiger charge is -1.96. The van der Waals surface area contributed by atoms with Gasteiger partial charge < -0.3 is 5.32 Å². The highest BCUT2D eigenvalue weighted by molar-refractivity contribution is 6.03. The molecule has 0 aliphatic heterocycles. The van der Waals surface area contributed by atoms with Gasteiger partial charge in [0, 0.05) is 24.7 Å². The predicted molar refractivity (Wildman–Crippen MR) is 59.5 cm³/mol. The lowest BCUT2D eigenvalue weighted by molar-refractivity contribution is 0.102. The molecule has 1 amide bonds. The SMILES string of the molecule is O=C(Nc1cn[nH]c1)c1cc2ncccn2n1. The zero-order valence-electron chi connectivity index (χ0n) is 8.66. The Bertz CT molecular complexity index is 623. The number of aromatic amines is 1. The Morgan fingerprint density at radius 3 is 3.18 bits per heavy atom. The standard InChI is InChI=1S/C10H8N6O/c17-10(14-7-5-12-13-6-7)8-4-9-11-2-1-3-16(9)15-8/h1-6H,(H,12,13)(H,14,17). The van der Waals surface area contributed by atoms with E-state index in [9.17, 15) is 4.79 Å². The molecule has 0 saturated heterocycles. The fourth-order valence-corrected chi connectivity index (χ4v) is 1.46. The summed E-state index contributed by atoms with van der Waals surface area (Å²) >= 11 is 0. The largest absolute Gasteiger partial charge is 0.318 e. The first-order chi connectivity index (χ1) is 8.33. The summed E-state index contributed by atoms with van der Waals surface area (Å²) in [4.78, 5) is 15.9. The molecule has 0 aliphatic carbocycles. The van der Waals surface area contributed by atoms with Crippen LogP contribution < -0.4 is 5.32 Å². The van der Waals surface area contributed by atoms with Gasteiger partial charge in [0.05, 0.1) is 11.9 Å². The van der Waals surface area contributed by atoms with Crippen LogP contribution in [0.2, 0.25) is 0 Å². The van der Waals surface area contributed by atoms with Gasteiger partial charge in [0.25, 0.3) is 5.91 Å². The molecule has 3 aromatic heterocycles. The molecule has 0 spiro atoms. The molecule has 0 aliphatic rings. The van der Waals surface area contributed by atoms with Gasteiger partial charge in [-0.25, -0.2) is 9.50 Å². The molecule has 0 fully saturated rings. The number of nitrogens with one attached hydrogen (secondary N) is 2. The molecule has 0 aromatic carbocycles.